The minimum absolute atomic E-state index is 0.0785. The smallest absolute Gasteiger partial charge is 0.476 e. The van der Waals surface area contributed by atoms with Crippen molar-refractivity contribution in [2.75, 3.05) is 0 Å². The topological polar surface area (TPSA) is 85.4 Å². The Kier molecular flexibility index (Phi) is 4.14. The van der Waals surface area contributed by atoms with Gasteiger partial charge in [-0.05, 0) is 28.7 Å². The number of halogens is 4. The largest absolute Gasteiger partial charge is 0.573 e. The summed E-state index contributed by atoms with van der Waals surface area (Å²) in [7, 11) is 0. The first-order chi connectivity index (χ1) is 7.74. The van der Waals surface area contributed by atoms with Crippen LogP contribution in [-0.4, -0.2) is 22.4 Å². The number of rotatable bonds is 3. The normalized spacial score (nSPS) is 11.4. The number of alkyl halides is 3. The number of pyridine rings is 1. The average Bonchev–Trinajstić information content (AvgIpc) is 2.14. The molecule has 3 N–H and O–H groups in total. The monoisotopic (exact) mass is 362 g/mol. The molecule has 0 unspecified atom stereocenters. The van der Waals surface area contributed by atoms with Gasteiger partial charge in [0.25, 0.3) is 0 Å². The molecule has 5 nitrogen and oxygen atoms in total. The second kappa shape index (κ2) is 5.04. The number of hydrogen-bond donors (Lipinski definition) is 2. The van der Waals surface area contributed by atoms with Gasteiger partial charge in [0.05, 0.1) is 5.69 Å². The van der Waals surface area contributed by atoms with Crippen molar-refractivity contribution in [3.05, 3.63) is 21.0 Å². The van der Waals surface area contributed by atoms with Gasteiger partial charge < -0.3 is 15.6 Å². The summed E-state index contributed by atoms with van der Waals surface area (Å²) >= 11 is 1.69. The molecule has 1 heterocycles. The van der Waals surface area contributed by atoms with Crippen LogP contribution >= 0.6 is 22.6 Å². The van der Waals surface area contributed by atoms with Crippen molar-refractivity contribution < 1.29 is 27.8 Å². The maximum Gasteiger partial charge on any atom is 0.573 e. The lowest BCUT2D eigenvalue weighted by Crippen LogP contribution is -2.20. The molecule has 0 aliphatic heterocycles. The molecule has 0 fully saturated rings. The van der Waals surface area contributed by atoms with Crippen LogP contribution in [0.5, 0.6) is 5.75 Å². The van der Waals surface area contributed by atoms with E-state index in [-0.39, 0.29) is 12.2 Å². The predicted octanol–water partition coefficient (Wildman–Crippen LogP) is 1.74. The molecule has 0 saturated heterocycles. The maximum atomic E-state index is 12.0. The fourth-order valence-electron chi connectivity index (χ4n) is 1.01. The molecular formula is C8H6F3IN2O3. The summed E-state index contributed by atoms with van der Waals surface area (Å²) in [5.41, 5.74) is 4.65. The molecule has 0 bridgehead atoms. The lowest BCUT2D eigenvalue weighted by Gasteiger charge is -2.12. The van der Waals surface area contributed by atoms with Gasteiger partial charge in [-0.3, -0.25) is 0 Å². The van der Waals surface area contributed by atoms with Gasteiger partial charge in [-0.2, -0.15) is 0 Å². The first-order valence-corrected chi connectivity index (χ1v) is 5.21. The molecule has 17 heavy (non-hydrogen) atoms. The molecule has 0 radical (unpaired) electrons. The van der Waals surface area contributed by atoms with Crippen LogP contribution in [0.4, 0.5) is 13.2 Å². The van der Waals surface area contributed by atoms with Crippen LogP contribution in [0.25, 0.3) is 0 Å². The molecular weight excluding hydrogens is 356 g/mol. The Bertz CT molecular complexity index is 450. The SMILES string of the molecule is NCc1nc(C(=O)O)c(OC(F)(F)F)cc1I. The van der Waals surface area contributed by atoms with Gasteiger partial charge in [0.1, 0.15) is 0 Å². The van der Waals surface area contributed by atoms with E-state index >= 15 is 0 Å². The number of nitrogens with zero attached hydrogens (tertiary/aromatic N) is 1. The van der Waals surface area contributed by atoms with Gasteiger partial charge in [0, 0.05) is 10.1 Å². The van der Waals surface area contributed by atoms with Crippen molar-refractivity contribution in [2.24, 2.45) is 5.73 Å². The molecule has 0 aliphatic carbocycles. The summed E-state index contributed by atoms with van der Waals surface area (Å²) in [6.07, 6.45) is -4.97. The Labute approximate surface area is 107 Å². The van der Waals surface area contributed by atoms with Crippen LogP contribution < -0.4 is 10.5 Å². The van der Waals surface area contributed by atoms with Gasteiger partial charge in [-0.15, -0.1) is 13.2 Å². The van der Waals surface area contributed by atoms with Crippen molar-refractivity contribution in [1.29, 1.82) is 0 Å². The number of carboxylic acid groups (broad SMARTS) is 1. The molecule has 94 valence electrons. The summed E-state index contributed by atoms with van der Waals surface area (Å²) in [5, 5.41) is 8.72. The van der Waals surface area contributed by atoms with E-state index in [1.54, 1.807) is 22.6 Å². The van der Waals surface area contributed by atoms with Crippen molar-refractivity contribution in [1.82, 2.24) is 4.98 Å². The van der Waals surface area contributed by atoms with E-state index in [9.17, 15) is 18.0 Å². The minimum atomic E-state index is -4.97. The fraction of sp³-hybridized carbons (Fsp3) is 0.250. The molecule has 1 aromatic rings. The molecule has 9 heteroatoms. The van der Waals surface area contributed by atoms with Gasteiger partial charge in [-0.25, -0.2) is 9.78 Å². The second-order valence-corrected chi connectivity index (χ2v) is 3.98. The summed E-state index contributed by atoms with van der Waals surface area (Å²) in [6, 6.07) is 0.937. The maximum absolute atomic E-state index is 12.0. The minimum Gasteiger partial charge on any atom is -0.476 e. The third-order valence-corrected chi connectivity index (χ3v) is 2.57. The highest BCUT2D eigenvalue weighted by Crippen LogP contribution is 2.28. The zero-order valence-corrected chi connectivity index (χ0v) is 10.2. The standard InChI is InChI=1S/C8H6F3IN2O3/c9-8(10,11)17-5-1-3(12)4(2-13)14-6(5)7(15)16/h1H,2,13H2,(H,15,16). The number of aromatic carboxylic acids is 1. The summed E-state index contributed by atoms with van der Waals surface area (Å²) < 4.78 is 40.0. The van der Waals surface area contributed by atoms with Gasteiger partial charge >= 0.3 is 12.3 Å². The van der Waals surface area contributed by atoms with E-state index < -0.39 is 23.8 Å². The highest BCUT2D eigenvalue weighted by atomic mass is 127. The van der Waals surface area contributed by atoms with Crippen molar-refractivity contribution in [3.63, 3.8) is 0 Å². The van der Waals surface area contributed by atoms with Gasteiger partial charge in [0.2, 0.25) is 0 Å². The number of carbonyl (C=O) groups is 1. The quantitative estimate of drug-likeness (QED) is 0.801. The van der Waals surface area contributed by atoms with Crippen LogP contribution in [0.3, 0.4) is 0 Å². The van der Waals surface area contributed by atoms with E-state index in [4.69, 9.17) is 10.8 Å². The van der Waals surface area contributed by atoms with Crippen LogP contribution in [0.2, 0.25) is 0 Å². The van der Waals surface area contributed by atoms with E-state index in [0.29, 0.717) is 3.57 Å². The summed E-state index contributed by atoms with van der Waals surface area (Å²) in [6.45, 7) is -0.0785. The highest BCUT2D eigenvalue weighted by molar-refractivity contribution is 14.1. The molecule has 0 amide bonds. The summed E-state index contributed by atoms with van der Waals surface area (Å²) in [4.78, 5) is 14.3. The van der Waals surface area contributed by atoms with E-state index in [1.807, 2.05) is 0 Å². The molecule has 0 atom stereocenters. The van der Waals surface area contributed by atoms with Crippen molar-refractivity contribution in [2.45, 2.75) is 12.9 Å². The van der Waals surface area contributed by atoms with E-state index in [2.05, 4.69) is 9.72 Å². The first kappa shape index (κ1) is 14.0. The average molecular weight is 362 g/mol. The van der Waals surface area contributed by atoms with E-state index in [0.717, 1.165) is 6.07 Å². The molecule has 0 aliphatic rings. The number of aromatic nitrogens is 1. The Balaban J connectivity index is 3.28. The second-order valence-electron chi connectivity index (χ2n) is 2.82. The molecule has 0 saturated carbocycles. The third kappa shape index (κ3) is 3.70. The third-order valence-electron chi connectivity index (χ3n) is 1.64. The molecule has 0 spiro atoms. The predicted molar refractivity (Wildman–Crippen MR) is 58.5 cm³/mol. The lowest BCUT2D eigenvalue weighted by molar-refractivity contribution is -0.274. The van der Waals surface area contributed by atoms with Crippen LogP contribution in [0.1, 0.15) is 16.2 Å². The molecule has 1 rings (SSSR count). The number of ether oxygens (including phenoxy) is 1. The number of hydrogen-bond acceptors (Lipinski definition) is 4. The van der Waals surface area contributed by atoms with Crippen LogP contribution in [-0.2, 0) is 6.54 Å². The molecule has 0 aromatic carbocycles. The highest BCUT2D eigenvalue weighted by Gasteiger charge is 2.34. The van der Waals surface area contributed by atoms with Crippen LogP contribution in [0, 0.1) is 3.57 Å². The fourth-order valence-corrected chi connectivity index (χ4v) is 1.63. The van der Waals surface area contributed by atoms with Crippen molar-refractivity contribution in [3.8, 4) is 5.75 Å². The van der Waals surface area contributed by atoms with E-state index in [1.165, 1.54) is 0 Å². The molecule has 1 aromatic heterocycles. The zero-order valence-electron chi connectivity index (χ0n) is 8.08. The van der Waals surface area contributed by atoms with Crippen LogP contribution in [0.15, 0.2) is 6.07 Å². The van der Waals surface area contributed by atoms with Gasteiger partial charge in [0.15, 0.2) is 11.4 Å². The zero-order chi connectivity index (χ0) is 13.2. The summed E-state index contributed by atoms with van der Waals surface area (Å²) in [5.74, 6) is -2.47. The first-order valence-electron chi connectivity index (χ1n) is 4.13. The Morgan fingerprint density at radius 1 is 1.59 bits per heavy atom. The Morgan fingerprint density at radius 3 is 2.59 bits per heavy atom. The number of carboxylic acids is 1. The Morgan fingerprint density at radius 2 is 2.18 bits per heavy atom. The van der Waals surface area contributed by atoms with Crippen molar-refractivity contribution >= 4 is 28.6 Å². The van der Waals surface area contributed by atoms with Gasteiger partial charge in [-0.1, -0.05) is 0 Å². The Hall–Kier alpha value is -1.10. The number of nitrogens with two attached hydrogens (primary N) is 1. The lowest BCUT2D eigenvalue weighted by atomic mass is 10.2.